The predicted octanol–water partition coefficient (Wildman–Crippen LogP) is -0.0536. The van der Waals surface area contributed by atoms with E-state index in [2.05, 4.69) is 20.8 Å². The lowest BCUT2D eigenvalue weighted by molar-refractivity contribution is -0.122. The van der Waals surface area contributed by atoms with Crippen molar-refractivity contribution < 1.29 is 9.59 Å². The molecule has 0 aromatic carbocycles. The average molecular weight is 245 g/mol. The van der Waals surface area contributed by atoms with Crippen LogP contribution >= 0.6 is 0 Å². The summed E-state index contributed by atoms with van der Waals surface area (Å²) in [6, 6.07) is 4.98. The maximum absolute atomic E-state index is 11.9. The summed E-state index contributed by atoms with van der Waals surface area (Å²) in [4.78, 5) is 22.9. The summed E-state index contributed by atoms with van der Waals surface area (Å²) in [6.07, 6.45) is 2.66. The lowest BCUT2D eigenvalue weighted by Gasteiger charge is -2.09. The topological polar surface area (TPSA) is 88.4 Å². The highest BCUT2D eigenvalue weighted by Gasteiger charge is 2.27. The average Bonchev–Trinajstić information content (AvgIpc) is 2.97. The largest absolute Gasteiger partial charge is 0.344 e. The Morgan fingerprint density at radius 2 is 2.33 bits per heavy atom. The first-order chi connectivity index (χ1) is 8.74. The molecule has 2 amide bonds. The third-order valence-electron chi connectivity index (χ3n) is 2.86. The highest BCUT2D eigenvalue weighted by atomic mass is 16.2. The molecule has 3 heterocycles. The second-order valence-electron chi connectivity index (χ2n) is 4.10. The Morgan fingerprint density at radius 3 is 3.11 bits per heavy atom. The molecule has 18 heavy (non-hydrogen) atoms. The molecular weight excluding hydrogens is 234 g/mol. The second kappa shape index (κ2) is 4.10. The van der Waals surface area contributed by atoms with Crippen molar-refractivity contribution in [3.63, 3.8) is 0 Å². The maximum Gasteiger partial charge on any atom is 0.249 e. The molecule has 0 bridgehead atoms. The minimum atomic E-state index is -0.478. The van der Waals surface area contributed by atoms with Crippen LogP contribution in [0.25, 0.3) is 5.65 Å². The first-order valence-corrected chi connectivity index (χ1v) is 5.64. The fourth-order valence-electron chi connectivity index (χ4n) is 1.93. The van der Waals surface area contributed by atoms with Gasteiger partial charge in [0.05, 0.1) is 0 Å². The van der Waals surface area contributed by atoms with E-state index in [1.54, 1.807) is 16.7 Å². The molecule has 1 unspecified atom stereocenters. The second-order valence-corrected chi connectivity index (χ2v) is 4.10. The number of hydrogen-bond acceptors (Lipinski definition) is 4. The molecule has 92 valence electrons. The molecule has 1 saturated heterocycles. The van der Waals surface area contributed by atoms with Crippen molar-refractivity contribution >= 4 is 23.4 Å². The Hall–Kier alpha value is -2.44. The molecule has 2 N–H and O–H groups in total. The van der Waals surface area contributed by atoms with Gasteiger partial charge in [-0.2, -0.15) is 0 Å². The molecule has 0 radical (unpaired) electrons. The van der Waals surface area contributed by atoms with Gasteiger partial charge in [0, 0.05) is 12.6 Å². The number of aromatic nitrogens is 3. The number of fused-ring (bicyclic) bond motifs is 1. The number of amides is 2. The van der Waals surface area contributed by atoms with E-state index in [1.165, 1.54) is 0 Å². The van der Waals surface area contributed by atoms with Crippen molar-refractivity contribution in [2.45, 2.75) is 18.9 Å². The molecule has 1 aliphatic heterocycles. The van der Waals surface area contributed by atoms with Gasteiger partial charge in [-0.15, -0.1) is 10.2 Å². The van der Waals surface area contributed by atoms with E-state index < -0.39 is 6.04 Å². The van der Waals surface area contributed by atoms with Crippen LogP contribution in [0.3, 0.4) is 0 Å². The smallest absolute Gasteiger partial charge is 0.249 e. The molecule has 7 heteroatoms. The number of hydrogen-bond donors (Lipinski definition) is 2. The van der Waals surface area contributed by atoms with Gasteiger partial charge >= 0.3 is 0 Å². The Kier molecular flexibility index (Phi) is 2.44. The van der Waals surface area contributed by atoms with Gasteiger partial charge in [-0.25, -0.2) is 0 Å². The van der Waals surface area contributed by atoms with Gasteiger partial charge in [-0.3, -0.25) is 19.3 Å². The maximum atomic E-state index is 11.9. The van der Waals surface area contributed by atoms with Crippen molar-refractivity contribution in [1.29, 1.82) is 0 Å². The lowest BCUT2D eigenvalue weighted by atomic mass is 10.2. The fraction of sp³-hybridized carbons (Fsp3) is 0.273. The number of nitrogens with zero attached hydrogens (tertiary/aromatic N) is 3. The van der Waals surface area contributed by atoms with Crippen LogP contribution in [-0.4, -0.2) is 32.5 Å². The summed E-state index contributed by atoms with van der Waals surface area (Å²) in [5.74, 6) is -0.00277. The van der Waals surface area contributed by atoms with Gasteiger partial charge < -0.3 is 5.32 Å². The first kappa shape index (κ1) is 10.7. The van der Waals surface area contributed by atoms with Crippen molar-refractivity contribution in [1.82, 2.24) is 19.9 Å². The lowest BCUT2D eigenvalue weighted by Crippen LogP contribution is -2.37. The SMILES string of the molecule is O=C1CCC(C(=O)Nc2nnc3ccccn23)N1. The molecule has 0 saturated carbocycles. The van der Waals surface area contributed by atoms with Crippen LogP contribution in [0.5, 0.6) is 0 Å². The Morgan fingerprint density at radius 1 is 1.44 bits per heavy atom. The molecule has 1 atom stereocenters. The van der Waals surface area contributed by atoms with Gasteiger partial charge in [0.1, 0.15) is 6.04 Å². The van der Waals surface area contributed by atoms with Crippen LogP contribution in [-0.2, 0) is 9.59 Å². The van der Waals surface area contributed by atoms with Crippen LogP contribution in [0.4, 0.5) is 5.95 Å². The fourth-order valence-corrected chi connectivity index (χ4v) is 1.93. The van der Waals surface area contributed by atoms with Crippen LogP contribution in [0, 0.1) is 0 Å². The Bertz CT molecular complexity index is 621. The minimum Gasteiger partial charge on any atom is -0.344 e. The van der Waals surface area contributed by atoms with Crippen LogP contribution < -0.4 is 10.6 Å². The molecule has 1 fully saturated rings. The summed E-state index contributed by atoms with van der Waals surface area (Å²) in [5.41, 5.74) is 0.656. The monoisotopic (exact) mass is 245 g/mol. The van der Waals surface area contributed by atoms with Gasteiger partial charge in [0.15, 0.2) is 5.65 Å². The number of nitrogens with one attached hydrogen (secondary N) is 2. The zero-order chi connectivity index (χ0) is 12.5. The van der Waals surface area contributed by atoms with Crippen molar-refractivity contribution in [2.24, 2.45) is 0 Å². The molecule has 0 aliphatic carbocycles. The molecule has 2 aromatic rings. The summed E-state index contributed by atoms with van der Waals surface area (Å²) in [7, 11) is 0. The van der Waals surface area contributed by atoms with Gasteiger partial charge in [-0.05, 0) is 18.6 Å². The highest BCUT2D eigenvalue weighted by Crippen LogP contribution is 2.11. The zero-order valence-corrected chi connectivity index (χ0v) is 9.46. The molecule has 0 spiro atoms. The van der Waals surface area contributed by atoms with E-state index in [-0.39, 0.29) is 11.8 Å². The number of pyridine rings is 1. The summed E-state index contributed by atoms with van der Waals surface area (Å²) in [6.45, 7) is 0. The molecule has 2 aromatic heterocycles. The third-order valence-corrected chi connectivity index (χ3v) is 2.86. The third kappa shape index (κ3) is 1.79. The van der Waals surface area contributed by atoms with E-state index in [1.807, 2.05) is 12.1 Å². The van der Waals surface area contributed by atoms with Crippen molar-refractivity contribution in [2.75, 3.05) is 5.32 Å². The number of carbonyl (C=O) groups is 2. The van der Waals surface area contributed by atoms with Crippen molar-refractivity contribution in [3.05, 3.63) is 24.4 Å². The van der Waals surface area contributed by atoms with E-state index in [0.29, 0.717) is 24.4 Å². The summed E-state index contributed by atoms with van der Waals surface area (Å²) in [5, 5.41) is 13.1. The van der Waals surface area contributed by atoms with E-state index >= 15 is 0 Å². The molecule has 1 aliphatic rings. The molecule has 3 rings (SSSR count). The Balaban J connectivity index is 1.80. The van der Waals surface area contributed by atoms with Crippen LogP contribution in [0.15, 0.2) is 24.4 Å². The molecule has 7 nitrogen and oxygen atoms in total. The Labute approximate surface area is 102 Å². The van der Waals surface area contributed by atoms with E-state index in [9.17, 15) is 9.59 Å². The normalized spacial score (nSPS) is 18.9. The quantitative estimate of drug-likeness (QED) is 0.776. The van der Waals surface area contributed by atoms with Gasteiger partial charge in [0.2, 0.25) is 17.8 Å². The number of carbonyl (C=O) groups excluding carboxylic acids is 2. The predicted molar refractivity (Wildman–Crippen MR) is 62.8 cm³/mol. The summed E-state index contributed by atoms with van der Waals surface area (Å²) < 4.78 is 1.68. The highest BCUT2D eigenvalue weighted by molar-refractivity contribution is 5.98. The van der Waals surface area contributed by atoms with Gasteiger partial charge in [-0.1, -0.05) is 6.07 Å². The molecular formula is C11H11N5O2. The zero-order valence-electron chi connectivity index (χ0n) is 9.46. The summed E-state index contributed by atoms with van der Waals surface area (Å²) >= 11 is 0. The van der Waals surface area contributed by atoms with Crippen LogP contribution in [0.2, 0.25) is 0 Å². The van der Waals surface area contributed by atoms with E-state index in [4.69, 9.17) is 0 Å². The number of rotatable bonds is 2. The van der Waals surface area contributed by atoms with Gasteiger partial charge in [0.25, 0.3) is 0 Å². The van der Waals surface area contributed by atoms with Crippen LogP contribution in [0.1, 0.15) is 12.8 Å². The van der Waals surface area contributed by atoms with E-state index in [0.717, 1.165) is 0 Å². The minimum absolute atomic E-state index is 0.0961. The number of anilines is 1. The van der Waals surface area contributed by atoms with Crippen molar-refractivity contribution in [3.8, 4) is 0 Å². The standard InChI is InChI=1S/C11H11N5O2/c17-9-5-4-7(12-9)10(18)13-11-15-14-8-3-1-2-6-16(8)11/h1-3,6-7H,4-5H2,(H,12,17)(H,13,15,18). The first-order valence-electron chi connectivity index (χ1n) is 5.64.